The summed E-state index contributed by atoms with van der Waals surface area (Å²) in [6, 6.07) is 4.34. The number of hydrogen-bond donors (Lipinski definition) is 0. The molecular weight excluding hydrogens is 181 g/mol. The van der Waals surface area contributed by atoms with Crippen LogP contribution in [0.15, 0.2) is 29.4 Å². The van der Waals surface area contributed by atoms with E-state index in [2.05, 4.69) is 4.98 Å². The van der Waals surface area contributed by atoms with Crippen molar-refractivity contribution >= 4 is 9.84 Å². The molecule has 0 radical (unpaired) electrons. The molecule has 0 aliphatic heterocycles. The highest BCUT2D eigenvalue weighted by atomic mass is 32.2. The number of nitrogens with zero attached hydrogens (tertiary/aromatic N) is 1. The second kappa shape index (κ2) is 3.18. The predicted molar refractivity (Wildman–Crippen MR) is 42.0 cm³/mol. The molecule has 0 spiro atoms. The van der Waals surface area contributed by atoms with E-state index in [0.29, 0.717) is 0 Å². The Balaban J connectivity index is 3.17. The van der Waals surface area contributed by atoms with E-state index < -0.39 is 15.3 Å². The second-order valence-electron chi connectivity index (χ2n) is 2.26. The van der Waals surface area contributed by atoms with Crippen LogP contribution >= 0.6 is 0 Å². The molecule has 0 saturated heterocycles. The lowest BCUT2D eigenvalue weighted by Gasteiger charge is -2.02. The lowest BCUT2D eigenvalue weighted by molar-refractivity contribution is 0.442. The normalized spacial score (nSPS) is 14.2. The quantitative estimate of drug-likeness (QED) is 0.701. The fourth-order valence-electron chi connectivity index (χ4n) is 0.682. The van der Waals surface area contributed by atoms with Gasteiger partial charge in [-0.05, 0) is 19.1 Å². The van der Waals surface area contributed by atoms with Gasteiger partial charge in [-0.25, -0.2) is 17.8 Å². The van der Waals surface area contributed by atoms with Crippen molar-refractivity contribution in [1.82, 2.24) is 4.98 Å². The first-order valence-corrected chi connectivity index (χ1v) is 4.89. The molecule has 1 unspecified atom stereocenters. The highest BCUT2D eigenvalue weighted by Crippen LogP contribution is 2.12. The maximum atomic E-state index is 12.5. The van der Waals surface area contributed by atoms with Gasteiger partial charge in [0.25, 0.3) is 0 Å². The van der Waals surface area contributed by atoms with Crippen LogP contribution in [0.25, 0.3) is 0 Å². The van der Waals surface area contributed by atoms with Crippen LogP contribution in [0.2, 0.25) is 0 Å². The molecule has 12 heavy (non-hydrogen) atoms. The van der Waals surface area contributed by atoms with E-state index in [9.17, 15) is 12.8 Å². The monoisotopic (exact) mass is 189 g/mol. The summed E-state index contributed by atoms with van der Waals surface area (Å²) in [5.41, 5.74) is -1.91. The summed E-state index contributed by atoms with van der Waals surface area (Å²) in [6.07, 6.45) is 1.31. The molecule has 0 fully saturated rings. The standard InChI is InChI=1S/C7H8FNO2S/c1-6(8)12(10,11)7-4-2-3-5-9-7/h2-6H,1H3. The molecule has 0 aromatic carbocycles. The van der Waals surface area contributed by atoms with Crippen molar-refractivity contribution in [1.29, 1.82) is 0 Å². The minimum atomic E-state index is -3.85. The molecule has 1 aromatic heterocycles. The Hall–Kier alpha value is -0.970. The molecule has 1 rings (SSSR count). The molecule has 0 aliphatic rings. The van der Waals surface area contributed by atoms with Gasteiger partial charge in [-0.3, -0.25) is 0 Å². The van der Waals surface area contributed by atoms with Crippen molar-refractivity contribution < 1.29 is 12.8 Å². The second-order valence-corrected chi connectivity index (χ2v) is 4.41. The first-order chi connectivity index (χ1) is 5.55. The molecule has 1 atom stereocenters. The van der Waals surface area contributed by atoms with Gasteiger partial charge in [0, 0.05) is 6.20 Å². The zero-order valence-corrected chi connectivity index (χ0v) is 7.25. The third-order valence-corrected chi connectivity index (χ3v) is 3.04. The molecule has 0 aliphatic carbocycles. The fraction of sp³-hybridized carbons (Fsp3) is 0.286. The molecule has 0 amide bonds. The van der Waals surface area contributed by atoms with Crippen LogP contribution < -0.4 is 0 Å². The van der Waals surface area contributed by atoms with Crippen LogP contribution in [-0.4, -0.2) is 18.9 Å². The lowest BCUT2D eigenvalue weighted by Crippen LogP contribution is -2.13. The molecule has 0 saturated carbocycles. The van der Waals surface area contributed by atoms with Crippen molar-refractivity contribution in [2.45, 2.75) is 17.5 Å². The zero-order valence-electron chi connectivity index (χ0n) is 6.44. The average molecular weight is 189 g/mol. The van der Waals surface area contributed by atoms with Gasteiger partial charge < -0.3 is 0 Å². The molecule has 1 aromatic rings. The van der Waals surface area contributed by atoms with E-state index in [0.717, 1.165) is 6.92 Å². The maximum Gasteiger partial charge on any atom is 0.227 e. The van der Waals surface area contributed by atoms with Crippen molar-refractivity contribution in [3.05, 3.63) is 24.4 Å². The summed E-state index contributed by atoms with van der Waals surface area (Å²) >= 11 is 0. The number of aromatic nitrogens is 1. The van der Waals surface area contributed by atoms with Crippen LogP contribution in [0, 0.1) is 0 Å². The van der Waals surface area contributed by atoms with Crippen LogP contribution in [0.1, 0.15) is 6.92 Å². The van der Waals surface area contributed by atoms with Crippen LogP contribution in [0.5, 0.6) is 0 Å². The van der Waals surface area contributed by atoms with E-state index in [-0.39, 0.29) is 5.03 Å². The molecule has 3 nitrogen and oxygen atoms in total. The molecule has 5 heteroatoms. The van der Waals surface area contributed by atoms with Gasteiger partial charge in [-0.15, -0.1) is 0 Å². The lowest BCUT2D eigenvalue weighted by atomic mass is 10.5. The summed E-state index contributed by atoms with van der Waals surface area (Å²) in [6.45, 7) is 0.976. The Morgan fingerprint density at radius 3 is 2.58 bits per heavy atom. The van der Waals surface area contributed by atoms with Crippen LogP contribution in [0.4, 0.5) is 4.39 Å². The van der Waals surface area contributed by atoms with Gasteiger partial charge in [-0.1, -0.05) is 6.07 Å². The summed E-state index contributed by atoms with van der Waals surface area (Å²) < 4.78 is 34.7. The van der Waals surface area contributed by atoms with Crippen molar-refractivity contribution in [3.63, 3.8) is 0 Å². The maximum absolute atomic E-state index is 12.5. The van der Waals surface area contributed by atoms with E-state index >= 15 is 0 Å². The molecule has 0 bridgehead atoms. The minimum absolute atomic E-state index is 0.222. The van der Waals surface area contributed by atoms with Gasteiger partial charge >= 0.3 is 0 Å². The summed E-state index contributed by atoms with van der Waals surface area (Å²) in [5.74, 6) is 0. The van der Waals surface area contributed by atoms with E-state index in [1.807, 2.05) is 0 Å². The topological polar surface area (TPSA) is 47.0 Å². The van der Waals surface area contributed by atoms with Crippen molar-refractivity contribution in [2.24, 2.45) is 0 Å². The van der Waals surface area contributed by atoms with Crippen molar-refractivity contribution in [3.8, 4) is 0 Å². The Bertz CT molecular complexity index is 347. The van der Waals surface area contributed by atoms with Gasteiger partial charge in [0.1, 0.15) is 0 Å². The highest BCUT2D eigenvalue weighted by Gasteiger charge is 2.23. The zero-order chi connectivity index (χ0) is 9.19. The fourth-order valence-corrected chi connectivity index (χ4v) is 1.49. The van der Waals surface area contributed by atoms with Gasteiger partial charge in [-0.2, -0.15) is 0 Å². The number of alkyl halides is 1. The van der Waals surface area contributed by atoms with Gasteiger partial charge in [0.2, 0.25) is 15.3 Å². The Morgan fingerprint density at radius 1 is 1.50 bits per heavy atom. The Morgan fingerprint density at radius 2 is 2.17 bits per heavy atom. The first kappa shape index (κ1) is 9.12. The van der Waals surface area contributed by atoms with E-state index in [1.54, 1.807) is 6.07 Å². The number of rotatable bonds is 2. The number of hydrogen-bond acceptors (Lipinski definition) is 3. The molecule has 66 valence electrons. The minimum Gasteiger partial charge on any atom is -0.245 e. The molecule has 1 heterocycles. The average Bonchev–Trinajstić information content (AvgIpc) is 2.06. The van der Waals surface area contributed by atoms with E-state index in [1.165, 1.54) is 18.3 Å². The smallest absolute Gasteiger partial charge is 0.227 e. The summed E-state index contributed by atoms with van der Waals surface area (Å²) in [7, 11) is -3.85. The van der Waals surface area contributed by atoms with Crippen LogP contribution in [0.3, 0.4) is 0 Å². The van der Waals surface area contributed by atoms with E-state index in [4.69, 9.17) is 0 Å². The summed E-state index contributed by atoms with van der Waals surface area (Å²) in [5, 5.41) is -0.222. The van der Waals surface area contributed by atoms with Crippen LogP contribution in [-0.2, 0) is 9.84 Å². The number of sulfone groups is 1. The summed E-state index contributed by atoms with van der Waals surface area (Å²) in [4.78, 5) is 3.54. The Labute approximate surface area is 70.2 Å². The van der Waals surface area contributed by atoms with Gasteiger partial charge in [0.15, 0.2) is 5.03 Å². The molecule has 0 N–H and O–H groups in total. The Kier molecular flexibility index (Phi) is 2.42. The SMILES string of the molecule is CC(F)S(=O)(=O)c1ccccn1. The third kappa shape index (κ3) is 1.61. The molecular formula is C7H8FNO2S. The van der Waals surface area contributed by atoms with Crippen molar-refractivity contribution in [2.75, 3.05) is 0 Å². The highest BCUT2D eigenvalue weighted by molar-refractivity contribution is 7.91. The third-order valence-electron chi connectivity index (χ3n) is 1.36. The number of pyridine rings is 1. The number of halogens is 1. The first-order valence-electron chi connectivity index (χ1n) is 3.34. The predicted octanol–water partition coefficient (Wildman–Crippen LogP) is 1.17. The van der Waals surface area contributed by atoms with Gasteiger partial charge in [0.05, 0.1) is 0 Å². The largest absolute Gasteiger partial charge is 0.245 e.